The Balaban J connectivity index is 3.06. The number of aromatic nitrogens is 1. The molecule has 1 aromatic rings. The molecule has 0 spiro atoms. The first-order chi connectivity index (χ1) is 5.00. The van der Waals surface area contributed by atoms with Crippen molar-refractivity contribution in [2.45, 2.75) is 14.8 Å². The average molecular weight is 260 g/mol. The molecule has 0 atom stereocenters. The fourth-order valence-electron chi connectivity index (χ4n) is 0.826. The summed E-state index contributed by atoms with van der Waals surface area (Å²) in [6.45, 7) is 0. The van der Waals surface area contributed by atoms with Crippen LogP contribution in [0.5, 0.6) is 0 Å². The molecule has 0 aliphatic carbocycles. The molecule has 0 bridgehead atoms. The molecule has 0 fully saturated rings. The molecule has 0 radical (unpaired) electrons. The van der Waals surface area contributed by atoms with Crippen LogP contribution in [0.2, 0.25) is 14.8 Å². The van der Waals surface area contributed by atoms with Crippen molar-refractivity contribution in [1.29, 1.82) is 0 Å². The van der Waals surface area contributed by atoms with Crippen LogP contribution in [0.15, 0.2) is 18.2 Å². The fourth-order valence-corrected chi connectivity index (χ4v) is 3.79. The molecule has 11 heavy (non-hydrogen) atoms. The summed E-state index contributed by atoms with van der Waals surface area (Å²) in [4.78, 5) is 10.5. The summed E-state index contributed by atoms with van der Waals surface area (Å²) in [6.07, 6.45) is 0. The van der Waals surface area contributed by atoms with Crippen molar-refractivity contribution in [3.05, 3.63) is 24.1 Å². The summed E-state index contributed by atoms with van der Waals surface area (Å²) in [5.74, 6) is -0.353. The van der Waals surface area contributed by atoms with E-state index in [9.17, 15) is 4.39 Å². The zero-order valence-electron chi connectivity index (χ0n) is 7.06. The molecule has 0 saturated heterocycles. The molecule has 0 aliphatic heterocycles. The van der Waals surface area contributed by atoms with Gasteiger partial charge in [0.2, 0.25) is 0 Å². The molecular formula is C8H12FNSn. The molecule has 0 aromatic carbocycles. The van der Waals surface area contributed by atoms with Crippen LogP contribution < -0.4 is 3.71 Å². The van der Waals surface area contributed by atoms with Crippen molar-refractivity contribution < 1.29 is 4.39 Å². The van der Waals surface area contributed by atoms with Gasteiger partial charge in [-0.25, -0.2) is 0 Å². The summed E-state index contributed by atoms with van der Waals surface area (Å²) in [6, 6.07) is 5.06. The van der Waals surface area contributed by atoms with Gasteiger partial charge in [0.25, 0.3) is 0 Å². The van der Waals surface area contributed by atoms with Gasteiger partial charge in [0.1, 0.15) is 0 Å². The van der Waals surface area contributed by atoms with E-state index in [1.807, 2.05) is 6.07 Å². The Morgan fingerprint density at radius 3 is 2.27 bits per heavy atom. The molecular weight excluding hydrogens is 248 g/mol. The minimum atomic E-state index is -2.11. The Morgan fingerprint density at radius 2 is 1.91 bits per heavy atom. The number of nitrogens with zero attached hydrogens (tertiary/aromatic N) is 1. The van der Waals surface area contributed by atoms with E-state index >= 15 is 0 Å². The van der Waals surface area contributed by atoms with Crippen molar-refractivity contribution in [2.24, 2.45) is 0 Å². The Bertz CT molecular complexity index is 255. The SMILES string of the molecule is [CH3][Sn]([CH3])([CH3])[c]1cccc(F)n1. The molecule has 1 rings (SSSR count). The van der Waals surface area contributed by atoms with Gasteiger partial charge in [0.05, 0.1) is 0 Å². The van der Waals surface area contributed by atoms with E-state index in [-0.39, 0.29) is 5.95 Å². The van der Waals surface area contributed by atoms with Crippen molar-refractivity contribution in [3.63, 3.8) is 0 Å². The number of halogens is 1. The standard InChI is InChI=1S/C5H3FN.3CH3.Sn/c6-5-3-1-2-4-7-5;;;;/h1-3H;3*1H3;. The van der Waals surface area contributed by atoms with Gasteiger partial charge in [-0.2, -0.15) is 0 Å². The Kier molecular flexibility index (Phi) is 2.52. The quantitative estimate of drug-likeness (QED) is 0.553. The number of hydrogen-bond donors (Lipinski definition) is 0. The normalized spacial score (nSPS) is 11.6. The van der Waals surface area contributed by atoms with Crippen LogP contribution in [0, 0.1) is 5.95 Å². The van der Waals surface area contributed by atoms with Crippen LogP contribution in [-0.4, -0.2) is 23.4 Å². The number of rotatable bonds is 1. The van der Waals surface area contributed by atoms with Gasteiger partial charge < -0.3 is 0 Å². The first-order valence-electron chi connectivity index (χ1n) is 3.63. The summed E-state index contributed by atoms with van der Waals surface area (Å²) in [5.41, 5.74) is 0. The van der Waals surface area contributed by atoms with E-state index in [1.54, 1.807) is 6.07 Å². The average Bonchev–Trinajstić information content (AvgIpc) is 1.86. The van der Waals surface area contributed by atoms with Gasteiger partial charge >= 0.3 is 70.4 Å². The van der Waals surface area contributed by atoms with E-state index in [4.69, 9.17) is 0 Å². The predicted molar refractivity (Wildman–Crippen MR) is 47.2 cm³/mol. The van der Waals surface area contributed by atoms with E-state index in [0.717, 1.165) is 3.71 Å². The van der Waals surface area contributed by atoms with E-state index in [1.165, 1.54) is 6.07 Å². The van der Waals surface area contributed by atoms with Gasteiger partial charge in [0, 0.05) is 0 Å². The maximum absolute atomic E-state index is 12.6. The van der Waals surface area contributed by atoms with Crippen molar-refractivity contribution >= 4 is 22.1 Å². The molecule has 1 nitrogen and oxygen atoms in total. The Labute approximate surface area is 70.5 Å². The molecule has 0 N–H and O–H groups in total. The van der Waals surface area contributed by atoms with Crippen LogP contribution >= 0.6 is 0 Å². The Morgan fingerprint density at radius 1 is 1.27 bits per heavy atom. The molecule has 1 heterocycles. The molecule has 0 amide bonds. The van der Waals surface area contributed by atoms with Crippen molar-refractivity contribution in [1.82, 2.24) is 4.98 Å². The van der Waals surface area contributed by atoms with Gasteiger partial charge in [-0.05, 0) is 0 Å². The zero-order valence-corrected chi connectivity index (χ0v) is 9.91. The molecule has 0 unspecified atom stereocenters. The predicted octanol–water partition coefficient (Wildman–Crippen LogP) is 1.77. The number of hydrogen-bond acceptors (Lipinski definition) is 1. The minimum absolute atomic E-state index is 0.353. The summed E-state index contributed by atoms with van der Waals surface area (Å²) < 4.78 is 13.6. The summed E-state index contributed by atoms with van der Waals surface area (Å²) >= 11 is -2.11. The molecule has 3 heteroatoms. The second-order valence-electron chi connectivity index (χ2n) is 3.60. The topological polar surface area (TPSA) is 12.9 Å². The van der Waals surface area contributed by atoms with Gasteiger partial charge in [-0.3, -0.25) is 0 Å². The second kappa shape index (κ2) is 3.09. The monoisotopic (exact) mass is 261 g/mol. The first-order valence-corrected chi connectivity index (χ1v) is 13.6. The van der Waals surface area contributed by atoms with Crippen LogP contribution in [0.1, 0.15) is 0 Å². The molecule has 0 aliphatic rings. The van der Waals surface area contributed by atoms with Gasteiger partial charge in [-0.15, -0.1) is 0 Å². The summed E-state index contributed by atoms with van der Waals surface area (Å²) in [5, 5.41) is 0. The second-order valence-corrected chi connectivity index (χ2v) is 17.9. The van der Waals surface area contributed by atoms with E-state index in [0.29, 0.717) is 0 Å². The van der Waals surface area contributed by atoms with Crippen LogP contribution in [0.25, 0.3) is 0 Å². The molecule has 0 saturated carbocycles. The van der Waals surface area contributed by atoms with Crippen molar-refractivity contribution in [2.75, 3.05) is 0 Å². The first kappa shape index (κ1) is 8.97. The van der Waals surface area contributed by atoms with Crippen LogP contribution in [0.4, 0.5) is 4.39 Å². The molecule has 60 valence electrons. The third-order valence-electron chi connectivity index (χ3n) is 1.48. The summed E-state index contributed by atoms with van der Waals surface area (Å²) in [7, 11) is 0. The Hall–Kier alpha value is -0.121. The van der Waals surface area contributed by atoms with E-state index in [2.05, 4.69) is 19.8 Å². The van der Waals surface area contributed by atoms with Gasteiger partial charge in [-0.1, -0.05) is 0 Å². The third-order valence-corrected chi connectivity index (χ3v) is 6.66. The van der Waals surface area contributed by atoms with E-state index < -0.39 is 18.4 Å². The molecule has 1 aromatic heterocycles. The zero-order chi connectivity index (χ0) is 8.48. The van der Waals surface area contributed by atoms with Crippen LogP contribution in [0.3, 0.4) is 0 Å². The van der Waals surface area contributed by atoms with Crippen molar-refractivity contribution in [3.8, 4) is 0 Å². The third kappa shape index (κ3) is 2.43. The van der Waals surface area contributed by atoms with Crippen LogP contribution in [-0.2, 0) is 0 Å². The number of pyridine rings is 1. The fraction of sp³-hybridized carbons (Fsp3) is 0.375. The maximum atomic E-state index is 12.6. The van der Waals surface area contributed by atoms with Gasteiger partial charge in [0.15, 0.2) is 0 Å².